The van der Waals surface area contributed by atoms with Crippen molar-refractivity contribution >= 4 is 30.1 Å². The van der Waals surface area contributed by atoms with Gasteiger partial charge in [0, 0.05) is 0 Å². The molecular formula is C16H16N4S. The van der Waals surface area contributed by atoms with Crippen molar-refractivity contribution in [3.8, 4) is 5.40 Å². The monoisotopic (exact) mass is 296 g/mol. The van der Waals surface area contributed by atoms with Gasteiger partial charge in [0.25, 0.3) is 0 Å². The first-order valence-corrected chi connectivity index (χ1v) is 7.27. The number of aromatic nitrogens is 1. The van der Waals surface area contributed by atoms with Gasteiger partial charge in [-0.15, -0.1) is 0 Å². The van der Waals surface area contributed by atoms with Crippen molar-refractivity contribution in [3.63, 3.8) is 0 Å². The van der Waals surface area contributed by atoms with Gasteiger partial charge in [-0.1, -0.05) is 17.7 Å². The van der Waals surface area contributed by atoms with E-state index in [0.29, 0.717) is 0 Å². The molecule has 0 atom stereocenters. The summed E-state index contributed by atoms with van der Waals surface area (Å²) in [4.78, 5) is 7.74. The molecule has 1 aromatic heterocycles. The number of benzene rings is 1. The van der Waals surface area contributed by atoms with E-state index in [1.54, 1.807) is 12.4 Å². The number of nitrogens with zero attached hydrogens (tertiary/aromatic N) is 3. The van der Waals surface area contributed by atoms with E-state index < -0.39 is 0 Å². The number of aliphatic imine (C=N–C) groups is 1. The van der Waals surface area contributed by atoms with Gasteiger partial charge >= 0.3 is 0 Å². The van der Waals surface area contributed by atoms with Crippen molar-refractivity contribution < 1.29 is 0 Å². The maximum atomic E-state index is 8.40. The first kappa shape index (κ1) is 15.1. The van der Waals surface area contributed by atoms with Crippen molar-refractivity contribution in [1.29, 1.82) is 5.26 Å². The van der Waals surface area contributed by atoms with Crippen LogP contribution in [0.2, 0.25) is 0 Å². The summed E-state index contributed by atoms with van der Waals surface area (Å²) in [5.41, 5.74) is 6.34. The SMILES string of the molecule is Cc1cc(C)c(N=Cc2ccc(/C=N/SC#N)[nH]2)c(C)c1. The van der Waals surface area contributed by atoms with Gasteiger partial charge in [0.1, 0.15) is 0 Å². The Morgan fingerprint density at radius 1 is 1.10 bits per heavy atom. The van der Waals surface area contributed by atoms with Crippen LogP contribution in [0.4, 0.5) is 5.69 Å². The van der Waals surface area contributed by atoms with Crippen LogP contribution in [-0.2, 0) is 0 Å². The summed E-state index contributed by atoms with van der Waals surface area (Å²) in [7, 11) is 0. The molecule has 4 nitrogen and oxygen atoms in total. The zero-order valence-electron chi connectivity index (χ0n) is 12.2. The lowest BCUT2D eigenvalue weighted by Gasteiger charge is -2.05. The van der Waals surface area contributed by atoms with Gasteiger partial charge in [-0.2, -0.15) is 5.26 Å². The molecule has 1 heterocycles. The van der Waals surface area contributed by atoms with E-state index in [1.165, 1.54) is 16.7 Å². The predicted molar refractivity (Wildman–Crippen MR) is 89.5 cm³/mol. The Bertz CT molecular complexity index is 712. The molecular weight excluding hydrogens is 280 g/mol. The number of nitriles is 1. The Morgan fingerprint density at radius 3 is 2.33 bits per heavy atom. The summed E-state index contributed by atoms with van der Waals surface area (Å²) in [5, 5.41) is 10.3. The number of aromatic amines is 1. The molecule has 2 aromatic rings. The first-order valence-electron chi connectivity index (χ1n) is 6.49. The third-order valence-corrected chi connectivity index (χ3v) is 3.28. The topological polar surface area (TPSA) is 64.3 Å². The Balaban J connectivity index is 2.17. The van der Waals surface area contributed by atoms with Gasteiger partial charge in [-0.3, -0.25) is 4.99 Å². The molecule has 0 radical (unpaired) electrons. The molecule has 21 heavy (non-hydrogen) atoms. The third kappa shape index (κ3) is 4.07. The molecule has 0 aliphatic carbocycles. The summed E-state index contributed by atoms with van der Waals surface area (Å²) < 4.78 is 3.88. The number of hydrogen-bond acceptors (Lipinski definition) is 4. The zero-order chi connectivity index (χ0) is 15.2. The smallest absolute Gasteiger partial charge is 0.157 e. The summed E-state index contributed by atoms with van der Waals surface area (Å²) in [5.74, 6) is 0. The van der Waals surface area contributed by atoms with Crippen LogP contribution >= 0.6 is 11.9 Å². The lowest BCUT2D eigenvalue weighted by Crippen LogP contribution is -1.87. The minimum atomic E-state index is 0.844. The van der Waals surface area contributed by atoms with E-state index in [2.05, 4.69) is 47.3 Å². The molecule has 1 aromatic carbocycles. The third-order valence-electron chi connectivity index (χ3n) is 2.98. The van der Waals surface area contributed by atoms with E-state index in [1.807, 2.05) is 17.5 Å². The van der Waals surface area contributed by atoms with E-state index >= 15 is 0 Å². The van der Waals surface area contributed by atoms with Gasteiger partial charge in [0.05, 0.1) is 41.5 Å². The van der Waals surface area contributed by atoms with Crippen molar-refractivity contribution in [2.75, 3.05) is 0 Å². The fraction of sp³-hybridized carbons (Fsp3) is 0.188. The molecule has 5 heteroatoms. The standard InChI is InChI=1S/C16H16N4S/c1-11-6-12(2)16(13(3)7-11)18-8-14-4-5-15(20-14)9-19-21-10-17/h4-9,20H,1-3H3/b18-8?,19-9+. The normalized spacial score (nSPS) is 11.3. The molecule has 0 amide bonds. The second-order valence-corrected chi connectivity index (χ2v) is 5.37. The quantitative estimate of drug-likeness (QED) is 0.521. The highest BCUT2D eigenvalue weighted by Gasteiger charge is 2.02. The maximum Gasteiger partial charge on any atom is 0.157 e. The lowest BCUT2D eigenvalue weighted by atomic mass is 10.1. The van der Waals surface area contributed by atoms with Crippen LogP contribution in [0.5, 0.6) is 0 Å². The van der Waals surface area contributed by atoms with Crippen molar-refractivity contribution in [3.05, 3.63) is 52.3 Å². The minimum Gasteiger partial charge on any atom is -0.353 e. The van der Waals surface area contributed by atoms with Crippen LogP contribution in [0.1, 0.15) is 28.1 Å². The maximum absolute atomic E-state index is 8.40. The highest BCUT2D eigenvalue weighted by Crippen LogP contribution is 2.24. The Kier molecular flexibility index (Phi) is 4.96. The molecule has 0 aliphatic heterocycles. The minimum absolute atomic E-state index is 0.844. The number of rotatable bonds is 4. The summed E-state index contributed by atoms with van der Waals surface area (Å²) in [6, 6.07) is 8.09. The van der Waals surface area contributed by atoms with Crippen molar-refractivity contribution in [2.45, 2.75) is 20.8 Å². The van der Waals surface area contributed by atoms with E-state index in [0.717, 1.165) is 29.0 Å². The van der Waals surface area contributed by atoms with Crippen molar-refractivity contribution in [2.24, 2.45) is 9.39 Å². The van der Waals surface area contributed by atoms with Crippen LogP contribution < -0.4 is 0 Å². The Labute approximate surface area is 128 Å². The number of nitrogens with one attached hydrogen (secondary N) is 1. The summed E-state index contributed by atoms with van der Waals surface area (Å²) in [6.07, 6.45) is 3.42. The zero-order valence-corrected chi connectivity index (χ0v) is 13.0. The molecule has 0 spiro atoms. The number of H-pyrrole nitrogens is 1. The van der Waals surface area contributed by atoms with Crippen molar-refractivity contribution in [1.82, 2.24) is 4.98 Å². The molecule has 0 saturated heterocycles. The van der Waals surface area contributed by atoms with Gasteiger partial charge in [0.15, 0.2) is 5.40 Å². The Morgan fingerprint density at radius 2 is 1.71 bits per heavy atom. The molecule has 2 rings (SSSR count). The molecule has 0 saturated carbocycles. The predicted octanol–water partition coefficient (Wildman–Crippen LogP) is 4.24. The molecule has 0 fully saturated rings. The number of aryl methyl sites for hydroxylation is 3. The number of hydrogen-bond donors (Lipinski definition) is 1. The first-order chi connectivity index (χ1) is 10.1. The van der Waals surface area contributed by atoms with Crippen LogP contribution in [0.25, 0.3) is 0 Å². The molecule has 1 N–H and O–H groups in total. The largest absolute Gasteiger partial charge is 0.353 e. The molecule has 0 bridgehead atoms. The van der Waals surface area contributed by atoms with E-state index in [9.17, 15) is 0 Å². The molecule has 0 aliphatic rings. The molecule has 106 valence electrons. The van der Waals surface area contributed by atoms with Gasteiger partial charge in [0.2, 0.25) is 0 Å². The highest BCUT2D eigenvalue weighted by molar-refractivity contribution is 8.02. The fourth-order valence-corrected chi connectivity index (χ4v) is 2.41. The Hall–Kier alpha value is -2.32. The molecule has 0 unspecified atom stereocenters. The fourth-order valence-electron chi connectivity index (χ4n) is 2.20. The van der Waals surface area contributed by atoms with Gasteiger partial charge in [-0.25, -0.2) is 4.40 Å². The lowest BCUT2D eigenvalue weighted by molar-refractivity contribution is 1.28. The van der Waals surface area contributed by atoms with Gasteiger partial charge in [-0.05, 0) is 44.0 Å². The average molecular weight is 296 g/mol. The van der Waals surface area contributed by atoms with Gasteiger partial charge < -0.3 is 4.98 Å². The van der Waals surface area contributed by atoms with E-state index in [4.69, 9.17) is 5.26 Å². The van der Waals surface area contributed by atoms with Crippen LogP contribution in [0.3, 0.4) is 0 Å². The highest BCUT2D eigenvalue weighted by atomic mass is 32.2. The number of thiocyanates is 1. The second kappa shape index (κ2) is 6.91. The summed E-state index contributed by atoms with van der Waals surface area (Å²) >= 11 is 0.849. The van der Waals surface area contributed by atoms with E-state index in [-0.39, 0.29) is 0 Å². The van der Waals surface area contributed by atoms with Crippen LogP contribution in [-0.4, -0.2) is 17.4 Å². The van der Waals surface area contributed by atoms with Crippen LogP contribution in [0.15, 0.2) is 33.7 Å². The summed E-state index contributed by atoms with van der Waals surface area (Å²) in [6.45, 7) is 6.22. The second-order valence-electron chi connectivity index (χ2n) is 4.79. The average Bonchev–Trinajstić information content (AvgIpc) is 2.86. The van der Waals surface area contributed by atoms with Crippen LogP contribution in [0, 0.1) is 31.4 Å².